The van der Waals surface area contributed by atoms with Gasteiger partial charge in [0.25, 0.3) is 0 Å². The van der Waals surface area contributed by atoms with Gasteiger partial charge in [-0.3, -0.25) is 0 Å². The van der Waals surface area contributed by atoms with Crippen molar-refractivity contribution >= 4 is 0 Å². The first-order chi connectivity index (χ1) is 9.13. The molecule has 0 radical (unpaired) electrons. The van der Waals surface area contributed by atoms with Crippen LogP contribution in [0.5, 0.6) is 0 Å². The molecule has 0 bridgehead atoms. The van der Waals surface area contributed by atoms with Crippen LogP contribution in [0.2, 0.25) is 0 Å². The maximum Gasteiger partial charge on any atom is 0.161 e. The molecule has 1 aromatic carbocycles. The van der Waals surface area contributed by atoms with E-state index >= 15 is 0 Å². The summed E-state index contributed by atoms with van der Waals surface area (Å²) in [5, 5.41) is 3.05. The average Bonchev–Trinajstić information content (AvgIpc) is 2.89. The minimum Gasteiger partial charge on any atom is -0.467 e. The van der Waals surface area contributed by atoms with Crippen LogP contribution < -0.4 is 5.32 Å². The minimum atomic E-state index is -1.20. The molecule has 0 amide bonds. The molecule has 1 aromatic heterocycles. The summed E-state index contributed by atoms with van der Waals surface area (Å²) in [6.07, 6.45) is 2.27. The fourth-order valence-corrected chi connectivity index (χ4v) is 1.87. The normalized spacial score (nSPS) is 12.6. The van der Waals surface area contributed by atoms with Crippen molar-refractivity contribution < 1.29 is 17.6 Å². The van der Waals surface area contributed by atoms with E-state index in [2.05, 4.69) is 5.32 Å². The highest BCUT2D eigenvalue weighted by atomic mass is 19.2. The summed E-state index contributed by atoms with van der Waals surface area (Å²) >= 11 is 0. The molecule has 0 aliphatic carbocycles. The second-order valence-corrected chi connectivity index (χ2v) is 4.19. The first kappa shape index (κ1) is 13.7. The molecule has 1 N–H and O–H groups in total. The molecule has 19 heavy (non-hydrogen) atoms. The van der Waals surface area contributed by atoms with Crippen molar-refractivity contribution in [1.29, 1.82) is 0 Å². The van der Waals surface area contributed by atoms with Crippen molar-refractivity contribution in [2.45, 2.75) is 19.4 Å². The lowest BCUT2D eigenvalue weighted by molar-refractivity contribution is 0.428. The first-order valence-corrected chi connectivity index (χ1v) is 6.04. The zero-order chi connectivity index (χ0) is 13.8. The second-order valence-electron chi connectivity index (χ2n) is 4.19. The van der Waals surface area contributed by atoms with Gasteiger partial charge in [-0.15, -0.1) is 0 Å². The molecule has 0 fully saturated rings. The summed E-state index contributed by atoms with van der Waals surface area (Å²) in [4.78, 5) is 0. The lowest BCUT2D eigenvalue weighted by Crippen LogP contribution is -2.24. The van der Waals surface area contributed by atoms with Gasteiger partial charge in [0.1, 0.15) is 11.6 Å². The Hall–Kier alpha value is -1.75. The van der Waals surface area contributed by atoms with Crippen LogP contribution in [-0.4, -0.2) is 6.54 Å². The third-order valence-electron chi connectivity index (χ3n) is 2.78. The Morgan fingerprint density at radius 1 is 1.16 bits per heavy atom. The summed E-state index contributed by atoms with van der Waals surface area (Å²) in [5.74, 6) is -2.62. The molecule has 0 saturated carbocycles. The Balaban J connectivity index is 2.40. The molecular formula is C14H14F3NO. The molecule has 1 unspecified atom stereocenters. The minimum absolute atomic E-state index is 0.0299. The number of rotatable bonds is 5. The zero-order valence-corrected chi connectivity index (χ0v) is 10.4. The number of hydrogen-bond donors (Lipinski definition) is 1. The molecule has 102 valence electrons. The van der Waals surface area contributed by atoms with Crippen LogP contribution >= 0.6 is 0 Å². The van der Waals surface area contributed by atoms with Gasteiger partial charge in [0.2, 0.25) is 0 Å². The number of nitrogens with one attached hydrogen (secondary N) is 1. The van der Waals surface area contributed by atoms with Crippen molar-refractivity contribution in [2.24, 2.45) is 0 Å². The lowest BCUT2D eigenvalue weighted by atomic mass is 10.0. The second kappa shape index (κ2) is 5.93. The molecule has 1 heterocycles. The van der Waals surface area contributed by atoms with E-state index in [1.165, 1.54) is 6.26 Å². The van der Waals surface area contributed by atoms with E-state index in [1.807, 2.05) is 6.92 Å². The highest BCUT2D eigenvalue weighted by molar-refractivity contribution is 5.29. The Morgan fingerprint density at radius 3 is 2.53 bits per heavy atom. The molecule has 0 aliphatic heterocycles. The smallest absolute Gasteiger partial charge is 0.161 e. The topological polar surface area (TPSA) is 25.2 Å². The lowest BCUT2D eigenvalue weighted by Gasteiger charge is -2.17. The number of benzene rings is 1. The van der Waals surface area contributed by atoms with E-state index in [0.717, 1.165) is 12.5 Å². The Bertz CT molecular complexity index is 540. The van der Waals surface area contributed by atoms with Crippen molar-refractivity contribution in [2.75, 3.05) is 6.54 Å². The van der Waals surface area contributed by atoms with Gasteiger partial charge in [0, 0.05) is 11.6 Å². The van der Waals surface area contributed by atoms with Gasteiger partial charge in [0.05, 0.1) is 12.3 Å². The predicted octanol–water partition coefficient (Wildman–Crippen LogP) is 3.79. The van der Waals surface area contributed by atoms with Crippen LogP contribution in [0.1, 0.15) is 30.7 Å². The average molecular weight is 269 g/mol. The molecule has 5 heteroatoms. The Kier molecular flexibility index (Phi) is 4.27. The van der Waals surface area contributed by atoms with Gasteiger partial charge in [-0.05, 0) is 31.2 Å². The fraction of sp³-hybridized carbons (Fsp3) is 0.286. The van der Waals surface area contributed by atoms with E-state index in [4.69, 9.17) is 4.42 Å². The van der Waals surface area contributed by atoms with Gasteiger partial charge in [0.15, 0.2) is 11.6 Å². The molecule has 2 aromatic rings. The van der Waals surface area contributed by atoms with E-state index in [0.29, 0.717) is 18.4 Å². The van der Waals surface area contributed by atoms with Crippen molar-refractivity contribution in [3.8, 4) is 0 Å². The summed E-state index contributed by atoms with van der Waals surface area (Å²) in [6, 6.07) is 4.10. The third kappa shape index (κ3) is 2.98. The first-order valence-electron chi connectivity index (χ1n) is 6.04. The van der Waals surface area contributed by atoms with E-state index in [1.54, 1.807) is 12.1 Å². The maximum atomic E-state index is 13.8. The molecule has 2 nitrogen and oxygen atoms in total. The molecule has 1 atom stereocenters. The quantitative estimate of drug-likeness (QED) is 0.835. The van der Waals surface area contributed by atoms with Crippen LogP contribution in [0.25, 0.3) is 0 Å². The zero-order valence-electron chi connectivity index (χ0n) is 10.4. The number of halogens is 3. The van der Waals surface area contributed by atoms with Crippen LogP contribution in [-0.2, 0) is 0 Å². The van der Waals surface area contributed by atoms with E-state index < -0.39 is 23.5 Å². The largest absolute Gasteiger partial charge is 0.467 e. The van der Waals surface area contributed by atoms with Gasteiger partial charge < -0.3 is 9.73 Å². The van der Waals surface area contributed by atoms with Gasteiger partial charge in [-0.25, -0.2) is 13.2 Å². The molecule has 0 saturated heterocycles. The van der Waals surface area contributed by atoms with Gasteiger partial charge >= 0.3 is 0 Å². The number of furan rings is 1. The predicted molar refractivity (Wildman–Crippen MR) is 65.2 cm³/mol. The van der Waals surface area contributed by atoms with Gasteiger partial charge in [-0.2, -0.15) is 0 Å². The Morgan fingerprint density at radius 2 is 1.89 bits per heavy atom. The van der Waals surface area contributed by atoms with Crippen LogP contribution in [0, 0.1) is 17.5 Å². The van der Waals surface area contributed by atoms with Crippen LogP contribution in [0.3, 0.4) is 0 Å². The summed E-state index contributed by atoms with van der Waals surface area (Å²) in [7, 11) is 0. The SMILES string of the molecule is CCCNC(c1ccco1)c1cc(F)c(F)cc1F. The van der Waals surface area contributed by atoms with Gasteiger partial charge in [-0.1, -0.05) is 6.92 Å². The van der Waals surface area contributed by atoms with Crippen molar-refractivity contribution in [3.05, 3.63) is 59.3 Å². The van der Waals surface area contributed by atoms with Crippen LogP contribution in [0.4, 0.5) is 13.2 Å². The highest BCUT2D eigenvalue weighted by Gasteiger charge is 2.22. The monoisotopic (exact) mass is 269 g/mol. The summed E-state index contributed by atoms with van der Waals surface area (Å²) in [6.45, 7) is 2.55. The van der Waals surface area contributed by atoms with Crippen molar-refractivity contribution in [3.63, 3.8) is 0 Å². The Labute approximate surface area is 109 Å². The molecule has 2 rings (SSSR count). The van der Waals surface area contributed by atoms with E-state index in [-0.39, 0.29) is 5.56 Å². The van der Waals surface area contributed by atoms with Crippen molar-refractivity contribution in [1.82, 2.24) is 5.32 Å². The molecular weight excluding hydrogens is 255 g/mol. The van der Waals surface area contributed by atoms with E-state index in [9.17, 15) is 13.2 Å². The molecule has 0 spiro atoms. The maximum absolute atomic E-state index is 13.8. The third-order valence-corrected chi connectivity index (χ3v) is 2.78. The molecule has 0 aliphatic rings. The number of hydrogen-bond acceptors (Lipinski definition) is 2. The van der Waals surface area contributed by atoms with Crippen LogP contribution in [0.15, 0.2) is 34.9 Å². The fourth-order valence-electron chi connectivity index (χ4n) is 1.87. The summed E-state index contributed by atoms with van der Waals surface area (Å²) < 4.78 is 45.3. The highest BCUT2D eigenvalue weighted by Crippen LogP contribution is 2.26. The summed E-state index contributed by atoms with van der Waals surface area (Å²) in [5.41, 5.74) is 0.0299. The standard InChI is InChI=1S/C14H14F3NO/c1-2-5-18-14(13-4-3-6-19-13)9-7-11(16)12(17)8-10(9)15/h3-4,6-8,14,18H,2,5H2,1H3.